The van der Waals surface area contributed by atoms with E-state index in [2.05, 4.69) is 137 Å². The average molecular weight is 524 g/mol. The Kier molecular flexibility index (Phi) is 5.25. The van der Waals surface area contributed by atoms with E-state index in [1.165, 1.54) is 58.8 Å². The highest BCUT2D eigenvalue weighted by molar-refractivity contribution is 7.26. The smallest absolute Gasteiger partial charge is 0.162 e. The van der Waals surface area contributed by atoms with Crippen LogP contribution in [0.3, 0.4) is 0 Å². The predicted molar refractivity (Wildman–Crippen MR) is 167 cm³/mol. The van der Waals surface area contributed by atoms with Crippen LogP contribution in [0.1, 0.15) is 24.7 Å². The van der Waals surface area contributed by atoms with Gasteiger partial charge in [0.2, 0.25) is 0 Å². The van der Waals surface area contributed by atoms with Gasteiger partial charge in [-0.2, -0.15) is 0 Å². The van der Waals surface area contributed by atoms with Gasteiger partial charge in [-0.25, -0.2) is 0 Å². The molecule has 1 aliphatic carbocycles. The summed E-state index contributed by atoms with van der Waals surface area (Å²) in [7, 11) is 2.26. The van der Waals surface area contributed by atoms with Crippen molar-refractivity contribution in [2.45, 2.75) is 25.2 Å². The second-order valence-corrected chi connectivity index (χ2v) is 11.7. The molecule has 2 atom stereocenters. The molecule has 1 N–H and O–H groups in total. The van der Waals surface area contributed by atoms with Crippen LogP contribution in [0.5, 0.6) is 0 Å². The third-order valence-electron chi connectivity index (χ3n) is 8.41. The number of hydrogen-bond donors (Lipinski definition) is 1. The first-order valence-electron chi connectivity index (χ1n) is 13.7. The van der Waals surface area contributed by atoms with E-state index in [9.17, 15) is 0 Å². The minimum Gasteiger partial charge on any atom is -0.352 e. The molecule has 0 saturated heterocycles. The molecule has 3 nitrogen and oxygen atoms in total. The molecular weight excluding hydrogens is 494 g/mol. The fraction of sp³-hybridized carbons (Fsp3) is 0.143. The first-order valence-corrected chi connectivity index (χ1v) is 14.5. The van der Waals surface area contributed by atoms with E-state index in [0.29, 0.717) is 0 Å². The van der Waals surface area contributed by atoms with Crippen LogP contribution in [-0.2, 0) is 0 Å². The summed E-state index contributed by atoms with van der Waals surface area (Å²) in [6.45, 7) is 0. The van der Waals surface area contributed by atoms with Gasteiger partial charge in [0.15, 0.2) is 6.29 Å². The standard InChI is InChI=1S/C35H29N3S/c1-37-31(24-14-6-3-7-15-24)22-28(23-12-4-2-5-13-23)36-35(37)38-29-18-10-8-17-27(29)33-30(38)21-20-26-25-16-9-11-19-32(25)39-34(26)33/h2-6,8-14,16-22,31,35-36H,7,15H2,1H3. The molecule has 0 fully saturated rings. The van der Waals surface area contributed by atoms with Gasteiger partial charge in [-0.1, -0.05) is 91.0 Å². The number of thiophene rings is 1. The Hall–Kier alpha value is -4.12. The number of benzene rings is 4. The second-order valence-electron chi connectivity index (χ2n) is 10.6. The second kappa shape index (κ2) is 8.98. The Morgan fingerprint density at radius 1 is 0.795 bits per heavy atom. The van der Waals surface area contributed by atoms with Gasteiger partial charge in [0.25, 0.3) is 0 Å². The topological polar surface area (TPSA) is 20.2 Å². The minimum absolute atomic E-state index is 0.0451. The van der Waals surface area contributed by atoms with Gasteiger partial charge < -0.3 is 9.88 Å². The Morgan fingerprint density at radius 2 is 1.59 bits per heavy atom. The van der Waals surface area contributed by atoms with Crippen molar-refractivity contribution in [3.05, 3.63) is 126 Å². The lowest BCUT2D eigenvalue weighted by Crippen LogP contribution is -2.48. The minimum atomic E-state index is -0.0451. The molecule has 190 valence electrons. The van der Waals surface area contributed by atoms with Crippen molar-refractivity contribution in [2.75, 3.05) is 7.05 Å². The van der Waals surface area contributed by atoms with E-state index >= 15 is 0 Å². The van der Waals surface area contributed by atoms with Crippen LogP contribution >= 0.6 is 11.3 Å². The maximum atomic E-state index is 3.96. The number of allylic oxidation sites excluding steroid dienone is 3. The third-order valence-corrected chi connectivity index (χ3v) is 9.61. The van der Waals surface area contributed by atoms with Gasteiger partial charge in [0, 0.05) is 36.6 Å². The van der Waals surface area contributed by atoms with Gasteiger partial charge >= 0.3 is 0 Å². The molecule has 6 aromatic rings. The average Bonchev–Trinajstić information content (AvgIpc) is 3.54. The highest BCUT2D eigenvalue weighted by atomic mass is 32.1. The van der Waals surface area contributed by atoms with Crippen molar-refractivity contribution in [1.29, 1.82) is 0 Å². The van der Waals surface area contributed by atoms with E-state index in [-0.39, 0.29) is 12.3 Å². The molecule has 8 rings (SSSR count). The van der Waals surface area contributed by atoms with Crippen LogP contribution in [-0.4, -0.2) is 22.6 Å². The summed E-state index contributed by atoms with van der Waals surface area (Å²) in [5, 5.41) is 9.31. The molecule has 39 heavy (non-hydrogen) atoms. The van der Waals surface area contributed by atoms with Crippen LogP contribution in [0, 0.1) is 0 Å². The Bertz CT molecular complexity index is 1970. The third kappa shape index (κ3) is 3.52. The number of likely N-dealkylation sites (N-methyl/N-ethyl adjacent to an activating group) is 1. The van der Waals surface area contributed by atoms with Crippen molar-refractivity contribution in [1.82, 2.24) is 14.8 Å². The monoisotopic (exact) mass is 523 g/mol. The number of rotatable bonds is 3. The van der Waals surface area contributed by atoms with Crippen LogP contribution in [0.4, 0.5) is 0 Å². The van der Waals surface area contributed by atoms with Crippen molar-refractivity contribution in [3.8, 4) is 0 Å². The molecule has 2 aromatic heterocycles. The lowest BCUT2D eigenvalue weighted by Gasteiger charge is -2.42. The van der Waals surface area contributed by atoms with Crippen LogP contribution < -0.4 is 5.32 Å². The molecular formula is C35H29N3S. The predicted octanol–water partition coefficient (Wildman–Crippen LogP) is 8.84. The van der Waals surface area contributed by atoms with E-state index in [1.807, 2.05) is 11.3 Å². The number of para-hydroxylation sites is 1. The molecule has 3 heterocycles. The number of nitrogens with zero attached hydrogens (tertiary/aromatic N) is 2. The first kappa shape index (κ1) is 22.8. The molecule has 4 heteroatoms. The van der Waals surface area contributed by atoms with E-state index in [0.717, 1.165) is 12.8 Å². The van der Waals surface area contributed by atoms with Crippen molar-refractivity contribution in [3.63, 3.8) is 0 Å². The number of fused-ring (bicyclic) bond motifs is 7. The Labute approximate surface area is 232 Å². The number of hydrogen-bond acceptors (Lipinski definition) is 3. The van der Waals surface area contributed by atoms with Gasteiger partial charge in [0.1, 0.15) is 0 Å². The zero-order valence-corrected chi connectivity index (χ0v) is 22.7. The highest BCUT2D eigenvalue weighted by Gasteiger charge is 2.33. The van der Waals surface area contributed by atoms with Gasteiger partial charge in [-0.15, -0.1) is 11.3 Å². The molecule has 0 bridgehead atoms. The summed E-state index contributed by atoms with van der Waals surface area (Å²) >= 11 is 1.91. The summed E-state index contributed by atoms with van der Waals surface area (Å²) < 4.78 is 5.24. The van der Waals surface area contributed by atoms with E-state index < -0.39 is 0 Å². The Balaban J connectivity index is 1.39. The summed E-state index contributed by atoms with van der Waals surface area (Å²) in [6.07, 6.45) is 11.4. The first-order chi connectivity index (χ1) is 19.3. The number of nitrogens with one attached hydrogen (secondary N) is 1. The molecule has 4 aromatic carbocycles. The Morgan fingerprint density at radius 3 is 2.44 bits per heavy atom. The summed E-state index contributed by atoms with van der Waals surface area (Å²) in [5.41, 5.74) is 6.40. The van der Waals surface area contributed by atoms with Crippen LogP contribution in [0.15, 0.2) is 121 Å². The summed E-state index contributed by atoms with van der Waals surface area (Å²) in [6, 6.07) is 33.3. The normalized spacial score (nSPS) is 20.0. The van der Waals surface area contributed by atoms with E-state index in [4.69, 9.17) is 0 Å². The largest absolute Gasteiger partial charge is 0.352 e. The highest BCUT2D eigenvalue weighted by Crippen LogP contribution is 2.44. The maximum Gasteiger partial charge on any atom is 0.162 e. The van der Waals surface area contributed by atoms with Gasteiger partial charge in [-0.3, -0.25) is 4.90 Å². The molecule has 0 amide bonds. The molecule has 0 saturated carbocycles. The maximum absolute atomic E-state index is 3.96. The summed E-state index contributed by atoms with van der Waals surface area (Å²) in [4.78, 5) is 2.50. The zero-order chi connectivity index (χ0) is 25.9. The quantitative estimate of drug-likeness (QED) is 0.250. The van der Waals surface area contributed by atoms with Crippen LogP contribution in [0.2, 0.25) is 0 Å². The van der Waals surface area contributed by atoms with Gasteiger partial charge in [0.05, 0.1) is 17.1 Å². The lowest BCUT2D eigenvalue weighted by atomic mass is 9.93. The fourth-order valence-electron chi connectivity index (χ4n) is 6.52. The SMILES string of the molecule is CN1C(C2=CC=CCC2)C=C(c2ccccc2)NC1n1c2ccccc2c2c3sc4ccccc4c3ccc21. The molecule has 1 aliphatic heterocycles. The molecule has 0 radical (unpaired) electrons. The van der Waals surface area contributed by atoms with Crippen LogP contribution in [0.25, 0.3) is 47.7 Å². The fourth-order valence-corrected chi connectivity index (χ4v) is 7.78. The molecule has 2 aliphatic rings. The lowest BCUT2D eigenvalue weighted by molar-refractivity contribution is 0.137. The van der Waals surface area contributed by atoms with E-state index in [1.54, 1.807) is 0 Å². The van der Waals surface area contributed by atoms with Gasteiger partial charge in [-0.05, 0) is 55.3 Å². The van der Waals surface area contributed by atoms with Crippen molar-refractivity contribution in [2.24, 2.45) is 0 Å². The van der Waals surface area contributed by atoms with Crippen molar-refractivity contribution >= 4 is 59.0 Å². The molecule has 0 spiro atoms. The summed E-state index contributed by atoms with van der Waals surface area (Å²) in [5.74, 6) is 0. The zero-order valence-electron chi connectivity index (χ0n) is 21.8. The number of aromatic nitrogens is 1. The molecule has 2 unspecified atom stereocenters. The van der Waals surface area contributed by atoms with Crippen molar-refractivity contribution < 1.29 is 0 Å².